The maximum Gasteiger partial charge on any atom is 0.490 e. The molecule has 31 heteroatoms. The first kappa shape index (κ1) is 75.3. The number of carbonyl (C=O) groups excluding carboxylic acids is 9. The Balaban J connectivity index is 0.000000420. The quantitative estimate of drug-likeness (QED) is 0.0236. The second kappa shape index (κ2) is 35.9. The van der Waals surface area contributed by atoms with Gasteiger partial charge in [0.2, 0.25) is 0 Å². The zero-order valence-electron chi connectivity index (χ0n) is 48.2. The van der Waals surface area contributed by atoms with Gasteiger partial charge in [0.15, 0.2) is 11.6 Å². The molecule has 2 heterocycles. The fraction of sp³-hybridized carbons (Fsp3) is 0.414. The molecule has 0 aromatic heterocycles. The smallest absolute Gasteiger partial charge is 0.475 e. The molecule has 0 spiro atoms. The molecule has 2 saturated heterocycles. The van der Waals surface area contributed by atoms with Crippen LogP contribution in [0.1, 0.15) is 95.3 Å². The van der Waals surface area contributed by atoms with Crippen LogP contribution in [0.15, 0.2) is 72.8 Å². The van der Waals surface area contributed by atoms with Crippen LogP contribution >= 0.6 is 46.4 Å². The number of morpholine rings is 2. The van der Waals surface area contributed by atoms with E-state index in [4.69, 9.17) is 85.7 Å². The van der Waals surface area contributed by atoms with E-state index in [1.807, 2.05) is 9.80 Å². The van der Waals surface area contributed by atoms with Gasteiger partial charge in [0, 0.05) is 72.9 Å². The summed E-state index contributed by atoms with van der Waals surface area (Å²) < 4.78 is 57.2. The molecule has 0 radical (unpaired) electrons. The van der Waals surface area contributed by atoms with Crippen LogP contribution < -0.4 is 42.1 Å². The predicted molar refractivity (Wildman–Crippen MR) is 326 cm³/mol. The third-order valence-electron chi connectivity index (χ3n) is 12.3. The number of alkyl halides is 3. The van der Waals surface area contributed by atoms with Crippen LogP contribution in [0, 0.1) is 0 Å². The number of ether oxygens (including phenoxy) is 5. The molecule has 5 amide bonds. The highest BCUT2D eigenvalue weighted by Crippen LogP contribution is 2.33. The van der Waals surface area contributed by atoms with E-state index in [-0.39, 0.29) is 88.8 Å². The molecule has 2 atom stereocenters. The second-order valence-electron chi connectivity index (χ2n) is 20.0. The van der Waals surface area contributed by atoms with Crippen molar-refractivity contribution in [1.82, 2.24) is 21.3 Å². The first-order valence-corrected chi connectivity index (χ1v) is 28.2. The fourth-order valence-corrected chi connectivity index (χ4v) is 9.29. The lowest BCUT2D eigenvalue weighted by atomic mass is 10.1. The molecule has 4 aromatic rings. The number of nitrogens with one attached hydrogen (secondary N) is 5. The Morgan fingerprint density at radius 2 is 0.978 bits per heavy atom. The second-order valence-corrected chi connectivity index (χ2v) is 21.7. The summed E-state index contributed by atoms with van der Waals surface area (Å²) >= 11 is 25.6. The summed E-state index contributed by atoms with van der Waals surface area (Å²) in [4.78, 5) is 126. The molecular weight excluding hydrogens is 1260 g/mol. The largest absolute Gasteiger partial charge is 0.490 e. The zero-order valence-corrected chi connectivity index (χ0v) is 51.2. The van der Waals surface area contributed by atoms with E-state index >= 15 is 0 Å². The third kappa shape index (κ3) is 25.2. The number of nitrogens with zero attached hydrogens (tertiary/aromatic N) is 2. The average Bonchev–Trinajstić information content (AvgIpc) is 3.19. The lowest BCUT2D eigenvalue weighted by Crippen LogP contribution is -2.42. The molecule has 486 valence electrons. The van der Waals surface area contributed by atoms with E-state index < -0.39 is 77.3 Å². The van der Waals surface area contributed by atoms with E-state index in [1.54, 1.807) is 75.4 Å². The molecule has 24 nitrogen and oxygen atoms in total. The van der Waals surface area contributed by atoms with Crippen LogP contribution in [-0.2, 0) is 47.7 Å². The van der Waals surface area contributed by atoms with Crippen molar-refractivity contribution in [3.8, 4) is 0 Å². The van der Waals surface area contributed by atoms with Crippen LogP contribution in [0.4, 0.5) is 40.7 Å². The van der Waals surface area contributed by atoms with E-state index in [0.717, 1.165) is 18.5 Å². The average molecular weight is 1330 g/mol. The molecule has 2 fully saturated rings. The van der Waals surface area contributed by atoms with Crippen LogP contribution in [0.25, 0.3) is 0 Å². The molecular formula is C58H69Cl4F3N8O16. The summed E-state index contributed by atoms with van der Waals surface area (Å²) in [6.45, 7) is 9.48. The molecule has 0 unspecified atom stereocenters. The van der Waals surface area contributed by atoms with Crippen molar-refractivity contribution in [2.75, 3.05) is 101 Å². The van der Waals surface area contributed by atoms with Gasteiger partial charge in [-0.15, -0.1) is 0 Å². The number of amides is 5. The number of hydrogen-bond acceptors (Lipinski definition) is 18. The highest BCUT2D eigenvalue weighted by molar-refractivity contribution is 6.41. The molecule has 4 aromatic carbocycles. The number of nitrogen functional groups attached to an aromatic ring is 1. The van der Waals surface area contributed by atoms with Crippen molar-refractivity contribution in [2.45, 2.75) is 77.7 Å². The summed E-state index contributed by atoms with van der Waals surface area (Å²) in [5.74, 6) is -7.37. The standard InChI is InChI=1S/C30H36Cl2N4O8.C25H28Cl2N4O6.C2HF3O2.CH4/c1-30(2,3)44-29(41)34-19-7-5-6-18(14-19)26(38)33-17-21(37)8-9-24(28(40)42-4)35-27(39)25-22(31)15-20(16-23(25)32)36-10-12-43-13-11-36;1-36-25(35)21(6-5-18(32)14-29-23(33)15-3-2-4-16(28)11-15)30-24(34)22-19(26)12-17(13-20(22)27)31-7-9-37-10-8-31;3-2(4,5)1(6)7;/h5-7,14-16,24H,8-13,17H2,1-4H3,(H,33,38)(H,34,41)(H,35,39);2-4,11-13,21H,5-10,14,28H2,1H3,(H,29,33)(H,30,34);(H,6,7);1H4/t24-;21-;;/m00../s1. The van der Waals surface area contributed by atoms with Gasteiger partial charge in [0.1, 0.15) is 17.7 Å². The van der Waals surface area contributed by atoms with Gasteiger partial charge in [-0.25, -0.2) is 19.2 Å². The highest BCUT2D eigenvalue weighted by atomic mass is 35.5. The number of nitrogens with two attached hydrogens (primary N) is 1. The number of hydrogen-bond donors (Lipinski definition) is 7. The number of anilines is 4. The maximum atomic E-state index is 13.1. The van der Waals surface area contributed by atoms with E-state index in [9.17, 15) is 56.3 Å². The zero-order chi connectivity index (χ0) is 65.5. The summed E-state index contributed by atoms with van der Waals surface area (Å²) in [5.41, 5.74) is 7.76. The Labute approximate surface area is 530 Å². The first-order valence-electron chi connectivity index (χ1n) is 26.7. The number of esters is 2. The number of ketones is 2. The molecule has 2 aliphatic rings. The van der Waals surface area contributed by atoms with Crippen molar-refractivity contribution in [1.29, 1.82) is 0 Å². The van der Waals surface area contributed by atoms with Crippen molar-refractivity contribution in [3.63, 3.8) is 0 Å². The number of carboxylic acid groups (broad SMARTS) is 1. The van der Waals surface area contributed by atoms with Crippen LogP contribution in [0.5, 0.6) is 0 Å². The number of rotatable bonds is 21. The van der Waals surface area contributed by atoms with E-state index in [2.05, 4.69) is 26.6 Å². The SMILES string of the molecule is C.COC(=O)[C@H](CCC(=O)CNC(=O)c1cccc(N)c1)NC(=O)c1c(Cl)cc(N2CCOCC2)cc1Cl.COC(=O)[C@H](CCC(=O)CNC(=O)c1cccc(NC(=O)OC(C)(C)C)c1)NC(=O)c1c(Cl)cc(N2CCOCC2)cc1Cl.O=C(O)C(F)(F)F. The predicted octanol–water partition coefficient (Wildman–Crippen LogP) is 7.96. The Hall–Kier alpha value is -7.95. The summed E-state index contributed by atoms with van der Waals surface area (Å²) in [6, 6.07) is 16.7. The van der Waals surface area contributed by atoms with Gasteiger partial charge >= 0.3 is 30.2 Å². The number of aliphatic carboxylic acids is 1. The van der Waals surface area contributed by atoms with Crippen molar-refractivity contribution >= 4 is 128 Å². The minimum atomic E-state index is -5.08. The molecule has 89 heavy (non-hydrogen) atoms. The van der Waals surface area contributed by atoms with Gasteiger partial charge in [-0.1, -0.05) is 66.0 Å². The van der Waals surface area contributed by atoms with Crippen LogP contribution in [-0.4, -0.2) is 168 Å². The minimum Gasteiger partial charge on any atom is -0.475 e. The monoisotopic (exact) mass is 1330 g/mol. The summed E-state index contributed by atoms with van der Waals surface area (Å²) in [6.07, 6.45) is -6.16. The number of methoxy groups -OCH3 is 2. The van der Waals surface area contributed by atoms with Crippen molar-refractivity contribution in [2.24, 2.45) is 0 Å². The van der Waals surface area contributed by atoms with Gasteiger partial charge in [-0.05, 0) is 94.3 Å². The number of carbonyl (C=O) groups is 10. The molecule has 0 bridgehead atoms. The summed E-state index contributed by atoms with van der Waals surface area (Å²) in [7, 11) is 2.33. The molecule has 2 aliphatic heterocycles. The van der Waals surface area contributed by atoms with Crippen molar-refractivity contribution in [3.05, 3.63) is 115 Å². The topological polar surface area (TPSA) is 330 Å². The van der Waals surface area contributed by atoms with Crippen LogP contribution in [0.3, 0.4) is 0 Å². The normalized spacial score (nSPS) is 13.5. The van der Waals surface area contributed by atoms with E-state index in [1.165, 1.54) is 25.3 Å². The Morgan fingerprint density at radius 1 is 0.607 bits per heavy atom. The molecule has 0 saturated carbocycles. The first-order chi connectivity index (χ1) is 41.4. The van der Waals surface area contributed by atoms with Gasteiger partial charge in [0.25, 0.3) is 23.6 Å². The Bertz CT molecular complexity index is 3130. The highest BCUT2D eigenvalue weighted by Gasteiger charge is 2.38. The minimum absolute atomic E-state index is 0. The van der Waals surface area contributed by atoms with E-state index in [0.29, 0.717) is 69.5 Å². The third-order valence-corrected chi connectivity index (χ3v) is 13.5. The van der Waals surface area contributed by atoms with Crippen LogP contribution in [0.2, 0.25) is 20.1 Å². The van der Waals surface area contributed by atoms with Gasteiger partial charge in [-0.3, -0.25) is 34.1 Å². The lowest BCUT2D eigenvalue weighted by molar-refractivity contribution is -0.192. The van der Waals surface area contributed by atoms with Gasteiger partial charge < -0.3 is 65.6 Å². The number of Topliss-reactive ketones (excluding diaryl/α,β-unsaturated/α-hetero) is 2. The number of halogens is 7. The Morgan fingerprint density at radius 3 is 1.33 bits per heavy atom. The Kier molecular flexibility index (Phi) is 30.4. The maximum absolute atomic E-state index is 13.1. The fourth-order valence-electron chi connectivity index (χ4n) is 7.99. The number of carboxylic acids is 1. The lowest BCUT2D eigenvalue weighted by Gasteiger charge is -2.29. The van der Waals surface area contributed by atoms with Gasteiger partial charge in [0.05, 0.1) is 85.0 Å². The molecule has 6 rings (SSSR count). The number of benzene rings is 4. The molecule has 0 aliphatic carbocycles. The summed E-state index contributed by atoms with van der Waals surface area (Å²) in [5, 5.41) is 20.2. The van der Waals surface area contributed by atoms with Gasteiger partial charge in [-0.2, -0.15) is 13.2 Å². The van der Waals surface area contributed by atoms with Crippen molar-refractivity contribution < 1.29 is 89.9 Å². The molecule has 8 N–H and O–H groups in total.